The van der Waals surface area contributed by atoms with Crippen molar-refractivity contribution in [1.29, 1.82) is 0 Å². The summed E-state index contributed by atoms with van der Waals surface area (Å²) in [5, 5.41) is 5.94. The Morgan fingerprint density at radius 2 is 1.95 bits per heavy atom. The minimum Gasteiger partial charge on any atom is -0.330 e. The van der Waals surface area contributed by atoms with Gasteiger partial charge in [-0.2, -0.15) is 0 Å². The summed E-state index contributed by atoms with van der Waals surface area (Å²) in [6.45, 7) is 4.42. The molecule has 0 aromatic heterocycles. The van der Waals surface area contributed by atoms with Crippen LogP contribution in [0.3, 0.4) is 0 Å². The highest BCUT2D eigenvalue weighted by atomic mass is 35.5. The fourth-order valence-corrected chi connectivity index (χ4v) is 1.92. The zero-order chi connectivity index (χ0) is 15.8. The molecule has 0 aliphatic rings. The number of carbonyl (C=O) groups excluding carboxylic acids is 2. The number of halogens is 1. The number of hydrogen-bond donors (Lipinski definition) is 3. The van der Waals surface area contributed by atoms with Crippen LogP contribution in [0.1, 0.15) is 33.1 Å². The molecule has 1 aromatic carbocycles. The van der Waals surface area contributed by atoms with E-state index in [0.29, 0.717) is 42.2 Å². The van der Waals surface area contributed by atoms with E-state index in [2.05, 4.69) is 10.6 Å². The lowest BCUT2D eigenvalue weighted by atomic mass is 10.1. The molecule has 0 radical (unpaired) electrons. The summed E-state index contributed by atoms with van der Waals surface area (Å²) in [4.78, 5) is 23.4. The van der Waals surface area contributed by atoms with E-state index in [4.69, 9.17) is 17.3 Å². The molecule has 1 rings (SSSR count). The molecule has 6 heteroatoms. The first-order valence-corrected chi connectivity index (χ1v) is 7.39. The standard InChI is InChI=1S/C15H22ClN3O2/c1-10(2)8-15(21)18-11-5-6-12(16)13(9-11)19-14(20)4-3-7-17/h5-6,9-10H,3-4,7-8,17H2,1-2H3,(H,18,21)(H,19,20). The summed E-state index contributed by atoms with van der Waals surface area (Å²) >= 11 is 6.04. The van der Waals surface area contributed by atoms with E-state index >= 15 is 0 Å². The third-order valence-corrected chi connectivity index (χ3v) is 3.06. The van der Waals surface area contributed by atoms with Gasteiger partial charge in [-0.3, -0.25) is 9.59 Å². The zero-order valence-corrected chi connectivity index (χ0v) is 13.2. The number of nitrogens with two attached hydrogens (primary N) is 1. The molecule has 0 saturated heterocycles. The topological polar surface area (TPSA) is 84.2 Å². The molecule has 0 aliphatic carbocycles. The highest BCUT2D eigenvalue weighted by Crippen LogP contribution is 2.26. The number of anilines is 2. The van der Waals surface area contributed by atoms with Crippen molar-refractivity contribution in [2.75, 3.05) is 17.2 Å². The molecule has 0 saturated carbocycles. The number of carbonyl (C=O) groups is 2. The second-order valence-electron chi connectivity index (χ2n) is 5.28. The normalized spacial score (nSPS) is 10.5. The Morgan fingerprint density at radius 1 is 1.24 bits per heavy atom. The van der Waals surface area contributed by atoms with Crippen LogP contribution in [0.5, 0.6) is 0 Å². The minimum absolute atomic E-state index is 0.0623. The molecule has 0 spiro atoms. The summed E-state index contributed by atoms with van der Waals surface area (Å²) in [5.74, 6) is 0.0773. The molecule has 0 bridgehead atoms. The molecular formula is C15H22ClN3O2. The van der Waals surface area contributed by atoms with Crippen LogP contribution in [-0.2, 0) is 9.59 Å². The predicted molar refractivity (Wildman–Crippen MR) is 86.5 cm³/mol. The fraction of sp³-hybridized carbons (Fsp3) is 0.467. The van der Waals surface area contributed by atoms with Gasteiger partial charge in [-0.1, -0.05) is 25.4 Å². The van der Waals surface area contributed by atoms with E-state index in [1.54, 1.807) is 18.2 Å². The zero-order valence-electron chi connectivity index (χ0n) is 12.4. The van der Waals surface area contributed by atoms with Gasteiger partial charge in [-0.25, -0.2) is 0 Å². The van der Waals surface area contributed by atoms with Gasteiger partial charge in [0, 0.05) is 18.5 Å². The second-order valence-corrected chi connectivity index (χ2v) is 5.69. The monoisotopic (exact) mass is 311 g/mol. The lowest BCUT2D eigenvalue weighted by molar-refractivity contribution is -0.117. The van der Waals surface area contributed by atoms with E-state index < -0.39 is 0 Å². The van der Waals surface area contributed by atoms with Gasteiger partial charge in [-0.15, -0.1) is 0 Å². The van der Waals surface area contributed by atoms with E-state index in [0.717, 1.165) is 0 Å². The van der Waals surface area contributed by atoms with Crippen LogP contribution in [0.25, 0.3) is 0 Å². The Balaban J connectivity index is 2.71. The van der Waals surface area contributed by atoms with Gasteiger partial charge in [0.15, 0.2) is 0 Å². The smallest absolute Gasteiger partial charge is 0.224 e. The van der Waals surface area contributed by atoms with Crippen LogP contribution in [0, 0.1) is 5.92 Å². The summed E-state index contributed by atoms with van der Waals surface area (Å²) in [6.07, 6.45) is 1.41. The third-order valence-electron chi connectivity index (χ3n) is 2.73. The molecule has 0 heterocycles. The maximum absolute atomic E-state index is 11.7. The number of nitrogens with one attached hydrogen (secondary N) is 2. The van der Waals surface area contributed by atoms with Crippen molar-refractivity contribution in [3.63, 3.8) is 0 Å². The van der Waals surface area contributed by atoms with Crippen molar-refractivity contribution < 1.29 is 9.59 Å². The molecule has 2 amide bonds. The van der Waals surface area contributed by atoms with Crippen LogP contribution in [0.15, 0.2) is 18.2 Å². The third kappa shape index (κ3) is 6.60. The van der Waals surface area contributed by atoms with Crippen molar-refractivity contribution in [1.82, 2.24) is 0 Å². The van der Waals surface area contributed by atoms with E-state index in [-0.39, 0.29) is 17.7 Å². The Bertz CT molecular complexity index is 504. The average Bonchev–Trinajstić information content (AvgIpc) is 2.39. The largest absolute Gasteiger partial charge is 0.330 e. The number of rotatable bonds is 7. The highest BCUT2D eigenvalue weighted by molar-refractivity contribution is 6.33. The van der Waals surface area contributed by atoms with Gasteiger partial charge >= 0.3 is 0 Å². The van der Waals surface area contributed by atoms with Gasteiger partial charge < -0.3 is 16.4 Å². The lowest BCUT2D eigenvalue weighted by Crippen LogP contribution is -2.15. The van der Waals surface area contributed by atoms with Gasteiger partial charge in [-0.05, 0) is 37.1 Å². The van der Waals surface area contributed by atoms with Crippen LogP contribution < -0.4 is 16.4 Å². The van der Waals surface area contributed by atoms with Gasteiger partial charge in [0.1, 0.15) is 0 Å². The maximum Gasteiger partial charge on any atom is 0.224 e. The Hall–Kier alpha value is -1.59. The first kappa shape index (κ1) is 17.5. The Kier molecular flexibility index (Phi) is 7.19. The molecule has 21 heavy (non-hydrogen) atoms. The Labute approximate surface area is 130 Å². The molecule has 5 nitrogen and oxygen atoms in total. The number of benzene rings is 1. The van der Waals surface area contributed by atoms with Crippen LogP contribution in [-0.4, -0.2) is 18.4 Å². The van der Waals surface area contributed by atoms with Crippen LogP contribution in [0.4, 0.5) is 11.4 Å². The fourth-order valence-electron chi connectivity index (χ4n) is 1.76. The highest BCUT2D eigenvalue weighted by Gasteiger charge is 2.09. The summed E-state index contributed by atoms with van der Waals surface area (Å²) in [7, 11) is 0. The van der Waals surface area contributed by atoms with Gasteiger partial charge in [0.25, 0.3) is 0 Å². The van der Waals surface area contributed by atoms with E-state index in [1.807, 2.05) is 13.8 Å². The van der Waals surface area contributed by atoms with Crippen molar-refractivity contribution >= 4 is 34.8 Å². The number of hydrogen-bond acceptors (Lipinski definition) is 3. The summed E-state index contributed by atoms with van der Waals surface area (Å²) in [6, 6.07) is 5.00. The van der Waals surface area contributed by atoms with Crippen molar-refractivity contribution in [3.05, 3.63) is 23.2 Å². The maximum atomic E-state index is 11.7. The van der Waals surface area contributed by atoms with Crippen molar-refractivity contribution in [2.45, 2.75) is 33.1 Å². The molecular weight excluding hydrogens is 290 g/mol. The quantitative estimate of drug-likeness (QED) is 0.723. The number of amides is 2. The Morgan fingerprint density at radius 3 is 2.57 bits per heavy atom. The molecule has 4 N–H and O–H groups in total. The average molecular weight is 312 g/mol. The SMILES string of the molecule is CC(C)CC(=O)Nc1ccc(Cl)c(NC(=O)CCCN)c1. The first-order valence-electron chi connectivity index (χ1n) is 7.01. The van der Waals surface area contributed by atoms with E-state index in [9.17, 15) is 9.59 Å². The molecule has 116 valence electrons. The molecule has 0 atom stereocenters. The summed E-state index contributed by atoms with van der Waals surface area (Å²) < 4.78 is 0. The van der Waals surface area contributed by atoms with E-state index in [1.165, 1.54) is 0 Å². The molecule has 0 unspecified atom stereocenters. The predicted octanol–water partition coefficient (Wildman–Crippen LogP) is 3.00. The summed E-state index contributed by atoms with van der Waals surface area (Å²) in [5.41, 5.74) is 6.46. The lowest BCUT2D eigenvalue weighted by Gasteiger charge is -2.11. The minimum atomic E-state index is -0.145. The first-order chi connectivity index (χ1) is 9.92. The van der Waals surface area contributed by atoms with Crippen LogP contribution >= 0.6 is 11.6 Å². The second kappa shape index (κ2) is 8.64. The molecule has 0 aliphatic heterocycles. The molecule has 1 aromatic rings. The van der Waals surface area contributed by atoms with Crippen LogP contribution in [0.2, 0.25) is 5.02 Å². The van der Waals surface area contributed by atoms with Crippen molar-refractivity contribution in [3.8, 4) is 0 Å². The van der Waals surface area contributed by atoms with Crippen molar-refractivity contribution in [2.24, 2.45) is 11.7 Å². The van der Waals surface area contributed by atoms with Gasteiger partial charge in [0.05, 0.1) is 10.7 Å². The molecule has 0 fully saturated rings. The van der Waals surface area contributed by atoms with Gasteiger partial charge in [0.2, 0.25) is 11.8 Å².